The normalized spacial score (nSPS) is 15.9. The van der Waals surface area contributed by atoms with Gasteiger partial charge in [0.2, 0.25) is 11.8 Å². The molecule has 3 heterocycles. The average molecular weight is 443 g/mol. The number of hydrogen-bond acceptors (Lipinski definition) is 5. The van der Waals surface area contributed by atoms with E-state index in [2.05, 4.69) is 16.5 Å². The summed E-state index contributed by atoms with van der Waals surface area (Å²) in [6.45, 7) is 5.13. The van der Waals surface area contributed by atoms with E-state index in [0.29, 0.717) is 37.5 Å². The van der Waals surface area contributed by atoms with Gasteiger partial charge < -0.3 is 14.5 Å². The zero-order chi connectivity index (χ0) is 23.2. The maximum Gasteiger partial charge on any atom is 0.256 e. The van der Waals surface area contributed by atoms with Crippen molar-refractivity contribution in [2.24, 2.45) is 0 Å². The van der Waals surface area contributed by atoms with Crippen molar-refractivity contribution < 1.29 is 14.3 Å². The van der Waals surface area contributed by atoms with Gasteiger partial charge in [0.15, 0.2) is 0 Å². The fourth-order valence-electron chi connectivity index (χ4n) is 4.00. The lowest BCUT2D eigenvalue weighted by Gasteiger charge is -2.40. The quantitative estimate of drug-likeness (QED) is 0.525. The molecule has 168 valence electrons. The molecule has 3 aromatic rings. The molecule has 0 N–H and O–H groups in total. The van der Waals surface area contributed by atoms with E-state index in [1.165, 1.54) is 13.3 Å². The van der Waals surface area contributed by atoms with E-state index in [4.69, 9.17) is 4.74 Å². The van der Waals surface area contributed by atoms with Crippen molar-refractivity contribution >= 4 is 11.8 Å². The van der Waals surface area contributed by atoms with Crippen LogP contribution in [0.1, 0.15) is 15.9 Å². The summed E-state index contributed by atoms with van der Waals surface area (Å²) in [6, 6.07) is 14.7. The Morgan fingerprint density at radius 1 is 1.12 bits per heavy atom. The summed E-state index contributed by atoms with van der Waals surface area (Å²) >= 11 is 0. The highest BCUT2D eigenvalue weighted by Crippen LogP contribution is 2.23. The van der Waals surface area contributed by atoms with Gasteiger partial charge >= 0.3 is 0 Å². The van der Waals surface area contributed by atoms with Crippen molar-refractivity contribution in [2.75, 3.05) is 26.7 Å². The zero-order valence-corrected chi connectivity index (χ0v) is 18.6. The molecular weight excluding hydrogens is 416 g/mol. The molecule has 33 heavy (non-hydrogen) atoms. The summed E-state index contributed by atoms with van der Waals surface area (Å²) in [4.78, 5) is 38.3. The minimum Gasteiger partial charge on any atom is -0.481 e. The van der Waals surface area contributed by atoms with Crippen LogP contribution in [0.3, 0.4) is 0 Å². The molecule has 7 heteroatoms. The zero-order valence-electron chi connectivity index (χ0n) is 18.6. The monoisotopic (exact) mass is 442 g/mol. The number of rotatable bonds is 7. The maximum absolute atomic E-state index is 13.3. The lowest BCUT2D eigenvalue weighted by Crippen LogP contribution is -2.59. The number of benzene rings is 1. The molecule has 1 aliphatic heterocycles. The summed E-state index contributed by atoms with van der Waals surface area (Å²) in [5.41, 5.74) is 3.48. The van der Waals surface area contributed by atoms with Gasteiger partial charge in [-0.05, 0) is 28.8 Å². The molecule has 1 aromatic carbocycles. The molecular formula is C26H26N4O3. The van der Waals surface area contributed by atoms with Crippen LogP contribution in [0.5, 0.6) is 5.88 Å². The molecule has 1 saturated heterocycles. The highest BCUT2D eigenvalue weighted by molar-refractivity contribution is 5.98. The minimum absolute atomic E-state index is 0.0766. The van der Waals surface area contributed by atoms with E-state index in [1.807, 2.05) is 42.6 Å². The van der Waals surface area contributed by atoms with Gasteiger partial charge in [0.1, 0.15) is 6.04 Å². The Labute approximate surface area is 193 Å². The first-order valence-electron chi connectivity index (χ1n) is 10.8. The van der Waals surface area contributed by atoms with Crippen LogP contribution in [0.2, 0.25) is 0 Å². The van der Waals surface area contributed by atoms with Crippen LogP contribution in [0.4, 0.5) is 0 Å². The second-order valence-electron chi connectivity index (χ2n) is 7.82. The van der Waals surface area contributed by atoms with E-state index in [0.717, 1.165) is 16.7 Å². The Morgan fingerprint density at radius 2 is 1.94 bits per heavy atom. The Kier molecular flexibility index (Phi) is 6.78. The highest BCUT2D eigenvalue weighted by atomic mass is 16.5. The fraction of sp³-hybridized carbons (Fsp3) is 0.231. The van der Waals surface area contributed by atoms with Gasteiger partial charge in [-0.25, -0.2) is 4.98 Å². The van der Waals surface area contributed by atoms with Crippen molar-refractivity contribution in [3.8, 4) is 17.0 Å². The van der Waals surface area contributed by atoms with Crippen molar-refractivity contribution in [3.05, 3.63) is 90.9 Å². The van der Waals surface area contributed by atoms with Gasteiger partial charge in [-0.2, -0.15) is 0 Å². The van der Waals surface area contributed by atoms with Gasteiger partial charge in [0.05, 0.1) is 12.7 Å². The van der Waals surface area contributed by atoms with Crippen LogP contribution >= 0.6 is 0 Å². The summed E-state index contributed by atoms with van der Waals surface area (Å²) in [5.74, 6) is 0.143. The predicted octanol–water partition coefficient (Wildman–Crippen LogP) is 3.23. The number of nitrogens with zero attached hydrogens (tertiary/aromatic N) is 4. The third kappa shape index (κ3) is 4.92. The van der Waals surface area contributed by atoms with Crippen LogP contribution in [-0.4, -0.2) is 64.4 Å². The van der Waals surface area contributed by atoms with Gasteiger partial charge in [0.25, 0.3) is 5.91 Å². The molecule has 7 nitrogen and oxygen atoms in total. The van der Waals surface area contributed by atoms with Crippen LogP contribution in [0.25, 0.3) is 11.1 Å². The molecule has 0 radical (unpaired) electrons. The lowest BCUT2D eigenvalue weighted by molar-refractivity contribution is -0.139. The first-order chi connectivity index (χ1) is 16.1. The first-order valence-corrected chi connectivity index (χ1v) is 10.8. The second kappa shape index (κ2) is 10.1. The van der Waals surface area contributed by atoms with Crippen molar-refractivity contribution in [3.63, 3.8) is 0 Å². The van der Waals surface area contributed by atoms with E-state index in [9.17, 15) is 9.59 Å². The average Bonchev–Trinajstić information content (AvgIpc) is 2.87. The predicted molar refractivity (Wildman–Crippen MR) is 126 cm³/mol. The van der Waals surface area contributed by atoms with Crippen molar-refractivity contribution in [2.45, 2.75) is 12.5 Å². The highest BCUT2D eigenvalue weighted by Gasteiger charge is 2.37. The van der Waals surface area contributed by atoms with E-state index < -0.39 is 6.04 Å². The molecule has 0 bridgehead atoms. The minimum atomic E-state index is -0.599. The standard InChI is InChI=1S/C26H26N4O3/c1-3-13-29-14-15-30(25(31)22-10-11-24(33-2)28-18-22)23(26(29)32)16-19-6-8-20(9-7-19)21-5-4-12-27-17-21/h3-12,17-18,23H,1,13-16H2,2H3. The summed E-state index contributed by atoms with van der Waals surface area (Å²) in [6.07, 6.45) is 7.18. The Balaban J connectivity index is 1.58. The number of piperazine rings is 1. The molecule has 1 aliphatic rings. The molecule has 4 rings (SSSR count). The van der Waals surface area contributed by atoms with Gasteiger partial charge in [-0.15, -0.1) is 6.58 Å². The first kappa shape index (κ1) is 22.2. The SMILES string of the molecule is C=CCN1CCN(C(=O)c2ccc(OC)nc2)C(Cc2ccc(-c3cccnc3)cc2)C1=O. The van der Waals surface area contributed by atoms with Crippen LogP contribution in [0.15, 0.2) is 79.8 Å². The largest absolute Gasteiger partial charge is 0.481 e. The Bertz CT molecular complexity index is 1110. The molecule has 0 aliphatic carbocycles. The number of aromatic nitrogens is 2. The number of pyridine rings is 2. The summed E-state index contributed by atoms with van der Waals surface area (Å²) in [7, 11) is 1.52. The number of ether oxygens (including phenoxy) is 1. The number of carbonyl (C=O) groups is 2. The van der Waals surface area contributed by atoms with Gasteiger partial charge in [0, 0.05) is 50.7 Å². The van der Waals surface area contributed by atoms with Crippen LogP contribution in [-0.2, 0) is 11.2 Å². The van der Waals surface area contributed by atoms with E-state index >= 15 is 0 Å². The van der Waals surface area contributed by atoms with E-state index in [1.54, 1.807) is 34.2 Å². The topological polar surface area (TPSA) is 75.6 Å². The number of methoxy groups -OCH3 is 1. The van der Waals surface area contributed by atoms with Crippen LogP contribution in [0, 0.1) is 0 Å². The third-order valence-electron chi connectivity index (χ3n) is 5.76. The molecule has 2 aromatic heterocycles. The van der Waals surface area contributed by atoms with Gasteiger partial charge in [-0.3, -0.25) is 14.6 Å². The Morgan fingerprint density at radius 3 is 2.58 bits per heavy atom. The lowest BCUT2D eigenvalue weighted by atomic mass is 9.98. The molecule has 2 amide bonds. The summed E-state index contributed by atoms with van der Waals surface area (Å²) in [5, 5.41) is 0. The van der Waals surface area contributed by atoms with Gasteiger partial charge in [-0.1, -0.05) is 36.4 Å². The molecule has 1 atom stereocenters. The number of carbonyl (C=O) groups excluding carboxylic acids is 2. The number of amides is 2. The fourth-order valence-corrected chi connectivity index (χ4v) is 4.00. The Hall–Kier alpha value is -4.00. The molecule has 1 unspecified atom stereocenters. The maximum atomic E-state index is 13.3. The van der Waals surface area contributed by atoms with Crippen molar-refractivity contribution in [1.82, 2.24) is 19.8 Å². The van der Waals surface area contributed by atoms with E-state index in [-0.39, 0.29) is 11.8 Å². The molecule has 0 spiro atoms. The third-order valence-corrected chi connectivity index (χ3v) is 5.76. The molecule has 0 saturated carbocycles. The van der Waals surface area contributed by atoms with Crippen LogP contribution < -0.4 is 4.74 Å². The summed E-state index contributed by atoms with van der Waals surface area (Å²) < 4.78 is 5.08. The number of hydrogen-bond donors (Lipinski definition) is 0. The van der Waals surface area contributed by atoms with Crippen molar-refractivity contribution in [1.29, 1.82) is 0 Å². The smallest absolute Gasteiger partial charge is 0.256 e. The second-order valence-corrected chi connectivity index (χ2v) is 7.82. The molecule has 1 fully saturated rings.